The number of alkyl halides is 1. The second kappa shape index (κ2) is 6.67. The lowest BCUT2D eigenvalue weighted by atomic mass is 10.00. The van der Waals surface area contributed by atoms with Crippen molar-refractivity contribution >= 4 is 23.4 Å². The molecule has 4 nitrogen and oxygen atoms in total. The number of hydrogen-bond acceptors (Lipinski definition) is 2. The molecule has 0 aliphatic heterocycles. The Labute approximate surface area is 95.5 Å². The van der Waals surface area contributed by atoms with E-state index in [0.29, 0.717) is 12.3 Å². The van der Waals surface area contributed by atoms with E-state index in [2.05, 4.69) is 5.32 Å². The molecule has 0 aromatic carbocycles. The standard InChI is InChI=1S/C10H19ClN2O2/c1-10(2,7-8(12)14)13-9(15)5-3-4-6-11/h3-7H2,1-2H3,(H2,12,14)(H,13,15). The number of unbranched alkanes of at least 4 members (excludes halogenated alkanes) is 1. The van der Waals surface area contributed by atoms with Crippen LogP contribution in [-0.4, -0.2) is 23.2 Å². The number of carbonyl (C=O) groups is 2. The fourth-order valence-electron chi connectivity index (χ4n) is 1.30. The summed E-state index contributed by atoms with van der Waals surface area (Å²) < 4.78 is 0. The van der Waals surface area contributed by atoms with Gasteiger partial charge in [-0.15, -0.1) is 11.6 Å². The second-order valence-corrected chi connectivity index (χ2v) is 4.60. The Balaban J connectivity index is 3.88. The topological polar surface area (TPSA) is 72.2 Å². The molecule has 0 unspecified atom stereocenters. The summed E-state index contributed by atoms with van der Waals surface area (Å²) in [5, 5.41) is 2.76. The molecule has 0 saturated carbocycles. The van der Waals surface area contributed by atoms with E-state index in [9.17, 15) is 9.59 Å². The molecule has 0 aliphatic carbocycles. The Morgan fingerprint density at radius 2 is 1.93 bits per heavy atom. The van der Waals surface area contributed by atoms with Crippen LogP contribution in [0.2, 0.25) is 0 Å². The third kappa shape index (κ3) is 8.24. The van der Waals surface area contributed by atoms with E-state index >= 15 is 0 Å². The van der Waals surface area contributed by atoms with Crippen molar-refractivity contribution in [1.82, 2.24) is 5.32 Å². The number of carbonyl (C=O) groups excluding carboxylic acids is 2. The smallest absolute Gasteiger partial charge is 0.220 e. The number of nitrogens with two attached hydrogens (primary N) is 1. The molecule has 0 rings (SSSR count). The third-order valence-electron chi connectivity index (χ3n) is 1.88. The summed E-state index contributed by atoms with van der Waals surface area (Å²) >= 11 is 5.49. The Morgan fingerprint density at radius 3 is 2.40 bits per heavy atom. The summed E-state index contributed by atoms with van der Waals surface area (Å²) in [4.78, 5) is 22.1. The highest BCUT2D eigenvalue weighted by molar-refractivity contribution is 6.17. The minimum atomic E-state index is -0.566. The van der Waals surface area contributed by atoms with Crippen LogP contribution in [0.1, 0.15) is 39.5 Å². The maximum atomic E-state index is 11.4. The molecule has 0 aromatic heterocycles. The van der Waals surface area contributed by atoms with Gasteiger partial charge < -0.3 is 11.1 Å². The molecule has 0 heterocycles. The molecule has 2 amide bonds. The average molecular weight is 235 g/mol. The largest absolute Gasteiger partial charge is 0.370 e. The van der Waals surface area contributed by atoms with Crippen molar-refractivity contribution in [2.24, 2.45) is 5.73 Å². The molecule has 0 aromatic rings. The first-order valence-corrected chi connectivity index (χ1v) is 5.56. The van der Waals surface area contributed by atoms with Crippen LogP contribution in [0.3, 0.4) is 0 Å². The van der Waals surface area contributed by atoms with Crippen molar-refractivity contribution in [2.75, 3.05) is 5.88 Å². The van der Waals surface area contributed by atoms with E-state index < -0.39 is 11.4 Å². The van der Waals surface area contributed by atoms with Crippen LogP contribution < -0.4 is 11.1 Å². The minimum Gasteiger partial charge on any atom is -0.370 e. The van der Waals surface area contributed by atoms with Gasteiger partial charge in [-0.05, 0) is 26.7 Å². The van der Waals surface area contributed by atoms with Gasteiger partial charge in [0.15, 0.2) is 0 Å². The first kappa shape index (κ1) is 14.2. The summed E-state index contributed by atoms with van der Waals surface area (Å²) in [5.74, 6) is 0.0882. The first-order valence-electron chi connectivity index (χ1n) is 5.02. The molecule has 3 N–H and O–H groups in total. The molecule has 0 atom stereocenters. The van der Waals surface area contributed by atoms with Gasteiger partial charge in [0.1, 0.15) is 0 Å². The number of halogens is 1. The second-order valence-electron chi connectivity index (χ2n) is 4.22. The van der Waals surface area contributed by atoms with Gasteiger partial charge in [-0.3, -0.25) is 9.59 Å². The molecule has 0 spiro atoms. The van der Waals surface area contributed by atoms with Crippen LogP contribution in [0, 0.1) is 0 Å². The number of hydrogen-bond donors (Lipinski definition) is 2. The SMILES string of the molecule is CC(C)(CC(N)=O)NC(=O)CCCCCl. The van der Waals surface area contributed by atoms with Gasteiger partial charge in [0.25, 0.3) is 0 Å². The summed E-state index contributed by atoms with van der Waals surface area (Å²) in [6.45, 7) is 3.55. The highest BCUT2D eigenvalue weighted by atomic mass is 35.5. The maximum absolute atomic E-state index is 11.4. The lowest BCUT2D eigenvalue weighted by Gasteiger charge is -2.24. The normalized spacial score (nSPS) is 11.1. The van der Waals surface area contributed by atoms with Crippen molar-refractivity contribution in [3.63, 3.8) is 0 Å². The molecule has 0 bridgehead atoms. The monoisotopic (exact) mass is 234 g/mol. The summed E-state index contributed by atoms with van der Waals surface area (Å²) in [7, 11) is 0. The van der Waals surface area contributed by atoms with Gasteiger partial charge in [0.2, 0.25) is 11.8 Å². The van der Waals surface area contributed by atoms with E-state index in [0.717, 1.165) is 12.8 Å². The van der Waals surface area contributed by atoms with Crippen molar-refractivity contribution in [2.45, 2.75) is 45.1 Å². The van der Waals surface area contributed by atoms with Crippen molar-refractivity contribution in [1.29, 1.82) is 0 Å². The summed E-state index contributed by atoms with van der Waals surface area (Å²) in [6.07, 6.45) is 2.18. The van der Waals surface area contributed by atoms with Crippen LogP contribution in [0.5, 0.6) is 0 Å². The van der Waals surface area contributed by atoms with Crippen LogP contribution in [0.25, 0.3) is 0 Å². The fraction of sp³-hybridized carbons (Fsp3) is 0.800. The zero-order valence-electron chi connectivity index (χ0n) is 9.31. The lowest BCUT2D eigenvalue weighted by molar-refractivity contribution is -0.124. The van der Waals surface area contributed by atoms with E-state index in [1.807, 2.05) is 0 Å². The molecule has 0 radical (unpaired) electrons. The van der Waals surface area contributed by atoms with Gasteiger partial charge in [-0.1, -0.05) is 0 Å². The third-order valence-corrected chi connectivity index (χ3v) is 2.15. The first-order chi connectivity index (χ1) is 6.87. The zero-order valence-corrected chi connectivity index (χ0v) is 10.1. The predicted molar refractivity (Wildman–Crippen MR) is 60.6 cm³/mol. The van der Waals surface area contributed by atoms with Gasteiger partial charge >= 0.3 is 0 Å². The van der Waals surface area contributed by atoms with Gasteiger partial charge in [-0.2, -0.15) is 0 Å². The minimum absolute atomic E-state index is 0.0635. The Bertz CT molecular complexity index is 229. The molecule has 88 valence electrons. The number of primary amides is 1. The molecule has 0 fully saturated rings. The van der Waals surface area contributed by atoms with E-state index in [1.165, 1.54) is 0 Å². The van der Waals surface area contributed by atoms with Crippen molar-refractivity contribution in [3.8, 4) is 0 Å². The Hall–Kier alpha value is -0.770. The maximum Gasteiger partial charge on any atom is 0.220 e. The van der Waals surface area contributed by atoms with E-state index in [4.69, 9.17) is 17.3 Å². The number of nitrogens with one attached hydrogen (secondary N) is 1. The highest BCUT2D eigenvalue weighted by Crippen LogP contribution is 2.08. The highest BCUT2D eigenvalue weighted by Gasteiger charge is 2.22. The van der Waals surface area contributed by atoms with Crippen LogP contribution in [-0.2, 0) is 9.59 Å². The zero-order chi connectivity index (χ0) is 11.9. The van der Waals surface area contributed by atoms with Gasteiger partial charge in [0.05, 0.1) is 0 Å². The van der Waals surface area contributed by atoms with Crippen LogP contribution in [0.15, 0.2) is 0 Å². The molecule has 0 aliphatic rings. The molecular weight excluding hydrogens is 216 g/mol. The van der Waals surface area contributed by atoms with Crippen LogP contribution >= 0.6 is 11.6 Å². The average Bonchev–Trinajstić information content (AvgIpc) is 2.00. The number of rotatable bonds is 7. The summed E-state index contributed by atoms with van der Waals surface area (Å²) in [5.41, 5.74) is 4.50. The van der Waals surface area contributed by atoms with E-state index in [1.54, 1.807) is 13.8 Å². The Kier molecular flexibility index (Phi) is 6.32. The molecule has 15 heavy (non-hydrogen) atoms. The fourth-order valence-corrected chi connectivity index (χ4v) is 1.49. The van der Waals surface area contributed by atoms with Crippen molar-refractivity contribution < 1.29 is 9.59 Å². The van der Waals surface area contributed by atoms with E-state index in [-0.39, 0.29) is 12.3 Å². The lowest BCUT2D eigenvalue weighted by Crippen LogP contribution is -2.45. The predicted octanol–water partition coefficient (Wildman–Crippen LogP) is 1.17. The van der Waals surface area contributed by atoms with Gasteiger partial charge in [0, 0.05) is 24.3 Å². The summed E-state index contributed by atoms with van der Waals surface area (Å²) in [6, 6.07) is 0. The number of amides is 2. The Morgan fingerprint density at radius 1 is 1.33 bits per heavy atom. The molecular formula is C10H19ClN2O2. The van der Waals surface area contributed by atoms with Crippen molar-refractivity contribution in [3.05, 3.63) is 0 Å². The molecule has 5 heteroatoms. The van der Waals surface area contributed by atoms with Gasteiger partial charge in [-0.25, -0.2) is 0 Å². The quantitative estimate of drug-likeness (QED) is 0.513. The van der Waals surface area contributed by atoms with Crippen LogP contribution in [0.4, 0.5) is 0 Å². The molecule has 0 saturated heterocycles.